The molecule has 0 radical (unpaired) electrons. The molecule has 17 heavy (non-hydrogen) atoms. The molecule has 3 nitrogen and oxygen atoms in total. The van der Waals surface area contributed by atoms with E-state index in [-0.39, 0.29) is 0 Å². The van der Waals surface area contributed by atoms with Gasteiger partial charge in [-0.05, 0) is 48.7 Å². The van der Waals surface area contributed by atoms with Gasteiger partial charge in [0.1, 0.15) is 0 Å². The minimum atomic E-state index is 0.531. The molecular formula is C13H24BrN3. The van der Waals surface area contributed by atoms with Crippen LogP contribution in [-0.4, -0.2) is 22.9 Å². The minimum absolute atomic E-state index is 0.531. The van der Waals surface area contributed by atoms with Crippen LogP contribution in [0.15, 0.2) is 4.47 Å². The predicted octanol–water partition coefficient (Wildman–Crippen LogP) is 3.06. The monoisotopic (exact) mass is 301 g/mol. The highest BCUT2D eigenvalue weighted by Crippen LogP contribution is 2.22. The van der Waals surface area contributed by atoms with E-state index in [9.17, 15) is 0 Å². The number of nitrogens with zero attached hydrogens (tertiary/aromatic N) is 2. The van der Waals surface area contributed by atoms with Gasteiger partial charge in [0, 0.05) is 19.5 Å². The Morgan fingerprint density at radius 3 is 2.41 bits per heavy atom. The normalized spacial score (nSPS) is 13.4. The standard InChI is InChI=1S/C13H24BrN3/c1-9(2)6-7-11(15-4)8-12-13(14)10(3)16-17(12)5/h9,11,15H,6-8H2,1-5H3. The molecule has 1 N–H and O–H groups in total. The third kappa shape index (κ3) is 4.11. The van der Waals surface area contributed by atoms with Gasteiger partial charge in [-0.25, -0.2) is 0 Å². The van der Waals surface area contributed by atoms with Crippen molar-refractivity contribution in [3.8, 4) is 0 Å². The Hall–Kier alpha value is -0.350. The number of likely N-dealkylation sites (N-methyl/N-ethyl adjacent to an activating group) is 1. The molecule has 1 atom stereocenters. The summed E-state index contributed by atoms with van der Waals surface area (Å²) in [4.78, 5) is 0. The first-order chi connectivity index (χ1) is 7.95. The largest absolute Gasteiger partial charge is 0.317 e. The lowest BCUT2D eigenvalue weighted by molar-refractivity contribution is 0.442. The molecule has 1 rings (SSSR count). The Labute approximate surface area is 113 Å². The molecule has 0 amide bonds. The zero-order valence-electron chi connectivity index (χ0n) is 11.5. The zero-order chi connectivity index (χ0) is 13.0. The van der Waals surface area contributed by atoms with Gasteiger partial charge < -0.3 is 5.32 Å². The first-order valence-electron chi connectivity index (χ1n) is 6.31. The summed E-state index contributed by atoms with van der Waals surface area (Å²) in [5.74, 6) is 0.766. The molecule has 0 fully saturated rings. The second-order valence-electron chi connectivity index (χ2n) is 5.13. The van der Waals surface area contributed by atoms with Crippen molar-refractivity contribution in [3.63, 3.8) is 0 Å². The molecule has 1 aromatic rings. The Balaban J connectivity index is 2.67. The van der Waals surface area contributed by atoms with Crippen LogP contribution in [-0.2, 0) is 13.5 Å². The van der Waals surface area contributed by atoms with Crippen LogP contribution in [0.25, 0.3) is 0 Å². The number of rotatable bonds is 6. The Kier molecular flexibility index (Phi) is 5.67. The van der Waals surface area contributed by atoms with Crippen LogP contribution in [0.3, 0.4) is 0 Å². The number of halogens is 1. The van der Waals surface area contributed by atoms with Crippen LogP contribution in [0.4, 0.5) is 0 Å². The third-order valence-corrected chi connectivity index (χ3v) is 4.23. The molecule has 0 aliphatic carbocycles. The molecule has 0 saturated carbocycles. The highest BCUT2D eigenvalue weighted by Gasteiger charge is 2.15. The van der Waals surface area contributed by atoms with Crippen LogP contribution in [0.2, 0.25) is 0 Å². The third-order valence-electron chi connectivity index (χ3n) is 3.20. The van der Waals surface area contributed by atoms with E-state index in [1.165, 1.54) is 18.5 Å². The smallest absolute Gasteiger partial charge is 0.0738 e. The molecule has 0 aliphatic heterocycles. The molecule has 0 spiro atoms. The molecule has 98 valence electrons. The highest BCUT2D eigenvalue weighted by molar-refractivity contribution is 9.10. The number of aromatic nitrogens is 2. The summed E-state index contributed by atoms with van der Waals surface area (Å²) in [5, 5.41) is 7.84. The quantitative estimate of drug-likeness (QED) is 0.875. The van der Waals surface area contributed by atoms with Gasteiger partial charge >= 0.3 is 0 Å². The van der Waals surface area contributed by atoms with E-state index in [4.69, 9.17) is 0 Å². The summed E-state index contributed by atoms with van der Waals surface area (Å²) in [6.45, 7) is 6.59. The van der Waals surface area contributed by atoms with Crippen molar-refractivity contribution >= 4 is 15.9 Å². The molecule has 0 saturated heterocycles. The average Bonchev–Trinajstić information content (AvgIpc) is 2.49. The summed E-state index contributed by atoms with van der Waals surface area (Å²) < 4.78 is 3.14. The summed E-state index contributed by atoms with van der Waals surface area (Å²) in [6, 6.07) is 0.531. The highest BCUT2D eigenvalue weighted by atomic mass is 79.9. The average molecular weight is 302 g/mol. The van der Waals surface area contributed by atoms with Crippen molar-refractivity contribution in [1.82, 2.24) is 15.1 Å². The van der Waals surface area contributed by atoms with Gasteiger partial charge in [-0.1, -0.05) is 13.8 Å². The summed E-state index contributed by atoms with van der Waals surface area (Å²) >= 11 is 3.63. The van der Waals surface area contributed by atoms with E-state index in [2.05, 4.69) is 40.2 Å². The predicted molar refractivity (Wildman–Crippen MR) is 76.3 cm³/mol. The van der Waals surface area contributed by atoms with Gasteiger partial charge in [0.2, 0.25) is 0 Å². The topological polar surface area (TPSA) is 29.9 Å². The molecule has 0 aliphatic rings. The van der Waals surface area contributed by atoms with E-state index in [1.807, 2.05) is 25.7 Å². The van der Waals surface area contributed by atoms with Crippen LogP contribution >= 0.6 is 15.9 Å². The fourth-order valence-electron chi connectivity index (χ4n) is 2.02. The number of hydrogen-bond acceptors (Lipinski definition) is 2. The molecule has 4 heteroatoms. The van der Waals surface area contributed by atoms with Crippen molar-refractivity contribution in [2.24, 2.45) is 13.0 Å². The van der Waals surface area contributed by atoms with Crippen molar-refractivity contribution in [1.29, 1.82) is 0 Å². The zero-order valence-corrected chi connectivity index (χ0v) is 13.1. The molecule has 0 bridgehead atoms. The Bertz CT molecular complexity index is 358. The maximum Gasteiger partial charge on any atom is 0.0738 e. The lowest BCUT2D eigenvalue weighted by Gasteiger charge is -2.17. The first-order valence-corrected chi connectivity index (χ1v) is 7.10. The van der Waals surface area contributed by atoms with Crippen molar-refractivity contribution in [2.45, 2.75) is 46.1 Å². The van der Waals surface area contributed by atoms with E-state index in [1.54, 1.807) is 0 Å². The summed E-state index contributed by atoms with van der Waals surface area (Å²) in [7, 11) is 4.06. The van der Waals surface area contributed by atoms with Gasteiger partial charge in [0.25, 0.3) is 0 Å². The van der Waals surface area contributed by atoms with Gasteiger partial charge in [-0.15, -0.1) is 0 Å². The maximum absolute atomic E-state index is 4.44. The SMILES string of the molecule is CNC(CCC(C)C)Cc1c(Br)c(C)nn1C. The van der Waals surface area contributed by atoms with Crippen molar-refractivity contribution in [2.75, 3.05) is 7.05 Å². The van der Waals surface area contributed by atoms with Crippen LogP contribution in [0.5, 0.6) is 0 Å². The second kappa shape index (κ2) is 6.55. The lowest BCUT2D eigenvalue weighted by atomic mass is 10.00. The molecule has 1 aromatic heterocycles. The lowest BCUT2D eigenvalue weighted by Crippen LogP contribution is -2.29. The Morgan fingerprint density at radius 1 is 1.35 bits per heavy atom. The fraction of sp³-hybridized carbons (Fsp3) is 0.769. The number of nitrogens with one attached hydrogen (secondary N) is 1. The van der Waals surface area contributed by atoms with Gasteiger partial charge in [-0.2, -0.15) is 5.10 Å². The molecular weight excluding hydrogens is 278 g/mol. The van der Waals surface area contributed by atoms with Crippen molar-refractivity contribution < 1.29 is 0 Å². The minimum Gasteiger partial charge on any atom is -0.317 e. The van der Waals surface area contributed by atoms with Gasteiger partial charge in [-0.3, -0.25) is 4.68 Å². The fourth-order valence-corrected chi connectivity index (χ4v) is 2.52. The Morgan fingerprint density at radius 2 is 2.00 bits per heavy atom. The number of aryl methyl sites for hydroxylation is 2. The van der Waals surface area contributed by atoms with E-state index in [0.29, 0.717) is 6.04 Å². The maximum atomic E-state index is 4.44. The second-order valence-corrected chi connectivity index (χ2v) is 5.92. The van der Waals surface area contributed by atoms with Crippen LogP contribution in [0, 0.1) is 12.8 Å². The molecule has 1 heterocycles. The number of hydrogen-bond donors (Lipinski definition) is 1. The van der Waals surface area contributed by atoms with Gasteiger partial charge in [0.05, 0.1) is 15.9 Å². The van der Waals surface area contributed by atoms with E-state index >= 15 is 0 Å². The van der Waals surface area contributed by atoms with Gasteiger partial charge in [0.15, 0.2) is 0 Å². The first kappa shape index (κ1) is 14.7. The molecule has 1 unspecified atom stereocenters. The van der Waals surface area contributed by atoms with Crippen LogP contribution in [0.1, 0.15) is 38.1 Å². The van der Waals surface area contributed by atoms with E-state index in [0.717, 1.165) is 22.5 Å². The van der Waals surface area contributed by atoms with E-state index < -0.39 is 0 Å². The van der Waals surface area contributed by atoms with Crippen molar-refractivity contribution in [3.05, 3.63) is 15.9 Å². The summed E-state index contributed by atoms with van der Waals surface area (Å²) in [6.07, 6.45) is 3.51. The van der Waals surface area contributed by atoms with Crippen LogP contribution < -0.4 is 5.32 Å². The molecule has 0 aromatic carbocycles. The summed E-state index contributed by atoms with van der Waals surface area (Å²) in [5.41, 5.74) is 2.35.